The number of esters is 1. The van der Waals surface area contributed by atoms with Crippen LogP contribution in [0.4, 0.5) is 10.1 Å². The molecule has 0 atom stereocenters. The number of nitrogens with one attached hydrogen (secondary N) is 1. The molecule has 0 aliphatic carbocycles. The molecular formula is C9H12ClFN2O2. The first-order chi connectivity index (χ1) is 6.69. The lowest BCUT2D eigenvalue weighted by Gasteiger charge is -2.04. The molecule has 0 saturated heterocycles. The molecule has 0 radical (unpaired) electrons. The number of hydrazine groups is 1. The second-order valence-corrected chi connectivity index (χ2v) is 2.56. The van der Waals surface area contributed by atoms with Crippen molar-refractivity contribution in [2.75, 3.05) is 12.0 Å². The van der Waals surface area contributed by atoms with Gasteiger partial charge in [0.15, 0.2) is 0 Å². The fourth-order valence-corrected chi connectivity index (χ4v) is 0.974. The van der Waals surface area contributed by atoms with Crippen LogP contribution in [0.1, 0.15) is 17.3 Å². The molecule has 0 spiro atoms. The number of nitrogens with two attached hydrogens (primary N) is 1. The van der Waals surface area contributed by atoms with E-state index in [0.717, 1.165) is 6.07 Å². The Balaban J connectivity index is 0.00000196. The summed E-state index contributed by atoms with van der Waals surface area (Å²) in [5.41, 5.74) is 2.47. The van der Waals surface area contributed by atoms with Crippen molar-refractivity contribution in [3.05, 3.63) is 29.6 Å². The lowest BCUT2D eigenvalue weighted by atomic mass is 10.2. The molecule has 1 rings (SSSR count). The van der Waals surface area contributed by atoms with Crippen LogP contribution < -0.4 is 11.3 Å². The molecule has 15 heavy (non-hydrogen) atoms. The summed E-state index contributed by atoms with van der Waals surface area (Å²) >= 11 is 0. The van der Waals surface area contributed by atoms with Gasteiger partial charge in [-0.25, -0.2) is 9.18 Å². The summed E-state index contributed by atoms with van der Waals surface area (Å²) in [6.07, 6.45) is 0. The van der Waals surface area contributed by atoms with Crippen LogP contribution in [-0.4, -0.2) is 12.6 Å². The van der Waals surface area contributed by atoms with Crippen LogP contribution in [-0.2, 0) is 4.74 Å². The highest BCUT2D eigenvalue weighted by atomic mass is 35.5. The Morgan fingerprint density at radius 2 is 2.27 bits per heavy atom. The minimum atomic E-state index is -0.585. The Morgan fingerprint density at radius 3 is 2.73 bits per heavy atom. The highest BCUT2D eigenvalue weighted by molar-refractivity contribution is 5.89. The Kier molecular flexibility index (Phi) is 5.66. The third-order valence-corrected chi connectivity index (χ3v) is 1.64. The Bertz CT molecular complexity index is 347. The average Bonchev–Trinajstić information content (AvgIpc) is 2.18. The number of halogens is 2. The molecule has 84 valence electrons. The second kappa shape index (κ2) is 6.21. The molecule has 0 aromatic heterocycles. The quantitative estimate of drug-likeness (QED) is 0.475. The zero-order valence-electron chi connectivity index (χ0n) is 8.12. The van der Waals surface area contributed by atoms with Crippen LogP contribution in [0.3, 0.4) is 0 Å². The van der Waals surface area contributed by atoms with Gasteiger partial charge in [0.25, 0.3) is 0 Å². The zero-order valence-corrected chi connectivity index (χ0v) is 8.94. The van der Waals surface area contributed by atoms with E-state index in [4.69, 9.17) is 10.6 Å². The average molecular weight is 235 g/mol. The molecule has 0 aliphatic heterocycles. The highest BCUT2D eigenvalue weighted by Crippen LogP contribution is 2.14. The zero-order chi connectivity index (χ0) is 10.6. The highest BCUT2D eigenvalue weighted by Gasteiger charge is 2.09. The molecular weight excluding hydrogens is 223 g/mol. The van der Waals surface area contributed by atoms with E-state index in [1.807, 2.05) is 0 Å². The predicted molar refractivity (Wildman–Crippen MR) is 57.4 cm³/mol. The van der Waals surface area contributed by atoms with Crippen LogP contribution in [0.5, 0.6) is 0 Å². The monoisotopic (exact) mass is 234 g/mol. The summed E-state index contributed by atoms with van der Waals surface area (Å²) in [7, 11) is 0. The second-order valence-electron chi connectivity index (χ2n) is 2.56. The molecule has 0 bridgehead atoms. The fraction of sp³-hybridized carbons (Fsp3) is 0.222. The number of carbonyl (C=O) groups is 1. The summed E-state index contributed by atoms with van der Waals surface area (Å²) < 4.78 is 17.8. The van der Waals surface area contributed by atoms with Crippen molar-refractivity contribution in [2.24, 2.45) is 5.84 Å². The Labute approximate surface area is 93.0 Å². The summed E-state index contributed by atoms with van der Waals surface area (Å²) in [6, 6.07) is 3.89. The van der Waals surface area contributed by atoms with Crippen molar-refractivity contribution < 1.29 is 13.9 Å². The molecule has 0 heterocycles. The number of rotatable bonds is 3. The van der Waals surface area contributed by atoms with Crippen molar-refractivity contribution in [1.82, 2.24) is 0 Å². The third kappa shape index (κ3) is 3.38. The molecule has 0 saturated carbocycles. The number of nitrogen functional groups attached to an aromatic ring is 1. The van der Waals surface area contributed by atoms with Crippen LogP contribution in [0, 0.1) is 5.82 Å². The summed E-state index contributed by atoms with van der Waals surface area (Å²) in [6.45, 7) is 1.95. The van der Waals surface area contributed by atoms with Gasteiger partial charge in [-0.3, -0.25) is 5.84 Å². The van der Waals surface area contributed by atoms with Gasteiger partial charge in [0.2, 0.25) is 0 Å². The van der Waals surface area contributed by atoms with E-state index in [9.17, 15) is 9.18 Å². The van der Waals surface area contributed by atoms with Gasteiger partial charge >= 0.3 is 5.97 Å². The molecule has 3 N–H and O–H groups in total. The topological polar surface area (TPSA) is 64.3 Å². The Morgan fingerprint density at radius 1 is 1.60 bits per heavy atom. The van der Waals surface area contributed by atoms with Crippen molar-refractivity contribution >= 4 is 24.1 Å². The van der Waals surface area contributed by atoms with Crippen LogP contribution in [0.15, 0.2) is 18.2 Å². The van der Waals surface area contributed by atoms with E-state index in [2.05, 4.69) is 5.43 Å². The van der Waals surface area contributed by atoms with Crippen molar-refractivity contribution in [1.29, 1.82) is 0 Å². The number of hydrogen-bond acceptors (Lipinski definition) is 4. The minimum absolute atomic E-state index is 0. The molecule has 0 unspecified atom stereocenters. The third-order valence-electron chi connectivity index (χ3n) is 1.64. The van der Waals surface area contributed by atoms with Gasteiger partial charge in [-0.05, 0) is 25.1 Å². The van der Waals surface area contributed by atoms with Gasteiger partial charge < -0.3 is 10.2 Å². The van der Waals surface area contributed by atoms with Gasteiger partial charge in [-0.1, -0.05) is 0 Å². The summed E-state index contributed by atoms with van der Waals surface area (Å²) in [5.74, 6) is 3.90. The van der Waals surface area contributed by atoms with E-state index in [0.29, 0.717) is 0 Å². The van der Waals surface area contributed by atoms with Crippen molar-refractivity contribution in [3.8, 4) is 0 Å². The van der Waals surface area contributed by atoms with Gasteiger partial charge in [0.05, 0.1) is 17.9 Å². The summed E-state index contributed by atoms with van der Waals surface area (Å²) in [5, 5.41) is 0. The smallest absolute Gasteiger partial charge is 0.338 e. The van der Waals surface area contributed by atoms with E-state index in [1.54, 1.807) is 6.92 Å². The van der Waals surface area contributed by atoms with Gasteiger partial charge in [-0.2, -0.15) is 0 Å². The van der Waals surface area contributed by atoms with Crippen LogP contribution in [0.2, 0.25) is 0 Å². The molecule has 6 heteroatoms. The SMILES string of the molecule is CCOC(=O)c1ccc(NN)c(F)c1.Cl. The largest absolute Gasteiger partial charge is 0.462 e. The lowest BCUT2D eigenvalue weighted by molar-refractivity contribution is 0.0526. The van der Waals surface area contributed by atoms with E-state index < -0.39 is 11.8 Å². The molecule has 1 aromatic carbocycles. The van der Waals surface area contributed by atoms with Gasteiger partial charge in [0.1, 0.15) is 5.82 Å². The fourth-order valence-electron chi connectivity index (χ4n) is 0.974. The van der Waals surface area contributed by atoms with Gasteiger partial charge in [0, 0.05) is 0 Å². The Hall–Kier alpha value is -1.33. The molecule has 4 nitrogen and oxygen atoms in total. The maximum atomic E-state index is 13.1. The maximum Gasteiger partial charge on any atom is 0.338 e. The van der Waals surface area contributed by atoms with E-state index in [-0.39, 0.29) is 30.3 Å². The number of benzene rings is 1. The number of ether oxygens (including phenoxy) is 1. The standard InChI is InChI=1S/C9H11FN2O2.ClH/c1-2-14-9(13)6-3-4-8(12-11)7(10)5-6;/h3-5,12H,2,11H2,1H3;1H. The molecule has 0 amide bonds. The number of carbonyl (C=O) groups excluding carboxylic acids is 1. The van der Waals surface area contributed by atoms with Gasteiger partial charge in [-0.15, -0.1) is 12.4 Å². The first-order valence-corrected chi connectivity index (χ1v) is 4.12. The lowest BCUT2D eigenvalue weighted by Crippen LogP contribution is -2.10. The molecule has 0 fully saturated rings. The van der Waals surface area contributed by atoms with Crippen LogP contribution in [0.25, 0.3) is 0 Å². The van der Waals surface area contributed by atoms with Crippen LogP contribution >= 0.6 is 12.4 Å². The normalized spacial score (nSPS) is 9.00. The number of anilines is 1. The van der Waals surface area contributed by atoms with Crippen molar-refractivity contribution in [2.45, 2.75) is 6.92 Å². The van der Waals surface area contributed by atoms with E-state index in [1.165, 1.54) is 12.1 Å². The number of hydrogen-bond donors (Lipinski definition) is 2. The molecule has 1 aromatic rings. The molecule has 0 aliphatic rings. The minimum Gasteiger partial charge on any atom is -0.462 e. The van der Waals surface area contributed by atoms with Crippen molar-refractivity contribution in [3.63, 3.8) is 0 Å². The summed E-state index contributed by atoms with van der Waals surface area (Å²) in [4.78, 5) is 11.2. The van der Waals surface area contributed by atoms with E-state index >= 15 is 0 Å². The first kappa shape index (κ1) is 13.7. The maximum absolute atomic E-state index is 13.1. The predicted octanol–water partition coefficient (Wildman–Crippen LogP) is 1.71. The first-order valence-electron chi connectivity index (χ1n) is 4.12.